The second kappa shape index (κ2) is 10.2. The molecule has 0 aliphatic carbocycles. The fourth-order valence-electron chi connectivity index (χ4n) is 4.21. The average Bonchev–Trinajstić information content (AvgIpc) is 2.87. The molecule has 0 atom stereocenters. The van der Waals surface area contributed by atoms with E-state index in [1.807, 2.05) is 6.92 Å². The van der Waals surface area contributed by atoms with Gasteiger partial charge in [0.2, 0.25) is 10.0 Å². The number of carbonyl (C=O) groups is 1. The summed E-state index contributed by atoms with van der Waals surface area (Å²) in [5.41, 5.74) is 4.20. The van der Waals surface area contributed by atoms with Gasteiger partial charge in [-0.05, 0) is 55.8 Å². The monoisotopic (exact) mass is 481 g/mol. The number of aromatic nitrogens is 2. The first-order valence-corrected chi connectivity index (χ1v) is 13.2. The van der Waals surface area contributed by atoms with Crippen LogP contribution < -0.4 is 5.32 Å². The lowest BCUT2D eigenvalue weighted by Crippen LogP contribution is -2.48. The largest absolute Gasteiger partial charge is 0.322 e. The lowest BCUT2D eigenvalue weighted by Gasteiger charge is -2.33. The number of nitrogens with one attached hydrogen (secondary N) is 1. The van der Waals surface area contributed by atoms with Gasteiger partial charge in [0.05, 0.1) is 27.3 Å². The van der Waals surface area contributed by atoms with Gasteiger partial charge < -0.3 is 10.2 Å². The van der Waals surface area contributed by atoms with Gasteiger partial charge in [-0.1, -0.05) is 26.8 Å². The number of carbonyl (C=O) groups excluding carboxylic acids is 1. The van der Waals surface area contributed by atoms with Gasteiger partial charge in [-0.25, -0.2) is 18.4 Å². The Balaban J connectivity index is 1.54. The third-order valence-electron chi connectivity index (χ3n) is 6.26. The lowest BCUT2D eigenvalue weighted by atomic mass is 10.1. The van der Waals surface area contributed by atoms with Gasteiger partial charge in [0.1, 0.15) is 0 Å². The van der Waals surface area contributed by atoms with E-state index in [0.29, 0.717) is 29.9 Å². The van der Waals surface area contributed by atoms with E-state index in [2.05, 4.69) is 29.0 Å². The molecule has 3 aromatic rings. The van der Waals surface area contributed by atoms with Gasteiger partial charge in [-0.3, -0.25) is 4.79 Å². The van der Waals surface area contributed by atoms with Crippen molar-refractivity contribution in [2.45, 2.75) is 38.5 Å². The van der Waals surface area contributed by atoms with Crippen molar-refractivity contribution >= 4 is 32.7 Å². The number of sulfonamides is 1. The average molecular weight is 482 g/mol. The topological polar surface area (TPSA) is 95.5 Å². The quantitative estimate of drug-likeness (QED) is 0.556. The van der Waals surface area contributed by atoms with E-state index < -0.39 is 10.0 Å². The van der Waals surface area contributed by atoms with Crippen molar-refractivity contribution in [3.05, 3.63) is 59.4 Å². The molecule has 0 spiro atoms. The standard InChI is InChI=1S/C25H31N5O3S/c1-4-21-22(5-2)28-24-16-18(10-11-23(24)27-21)25(31)26-19-8-7-9-20(17-19)34(32,33)30-14-12-29(6-3)13-15-30/h7-11,16-17H,4-6,12-15H2,1-3H3,(H,26,31). The second-order valence-corrected chi connectivity index (χ2v) is 10.3. The van der Waals surface area contributed by atoms with Crippen LogP contribution in [0.25, 0.3) is 11.0 Å². The van der Waals surface area contributed by atoms with Gasteiger partial charge in [0.15, 0.2) is 0 Å². The highest BCUT2D eigenvalue weighted by atomic mass is 32.2. The maximum Gasteiger partial charge on any atom is 0.255 e. The molecule has 1 aliphatic heterocycles. The smallest absolute Gasteiger partial charge is 0.255 e. The Hall–Kier alpha value is -2.88. The summed E-state index contributed by atoms with van der Waals surface area (Å²) >= 11 is 0. The Morgan fingerprint density at radius 3 is 2.24 bits per heavy atom. The molecule has 1 N–H and O–H groups in total. The molecule has 9 heteroatoms. The molecule has 1 saturated heterocycles. The Labute approximate surface area is 201 Å². The summed E-state index contributed by atoms with van der Waals surface area (Å²) in [4.78, 5) is 24.7. The number of rotatable bonds is 7. The highest BCUT2D eigenvalue weighted by molar-refractivity contribution is 7.89. The number of hydrogen-bond acceptors (Lipinski definition) is 6. The molecular weight excluding hydrogens is 450 g/mol. The Kier molecular flexibility index (Phi) is 7.25. The van der Waals surface area contributed by atoms with Crippen LogP contribution in [-0.4, -0.2) is 66.2 Å². The Morgan fingerprint density at radius 2 is 1.59 bits per heavy atom. The molecule has 2 aromatic carbocycles. The SMILES string of the molecule is CCc1nc2ccc(C(=O)Nc3cccc(S(=O)(=O)N4CCN(CC)CC4)c3)cc2nc1CC. The fourth-order valence-corrected chi connectivity index (χ4v) is 5.68. The van der Waals surface area contributed by atoms with Crippen LogP contribution in [0, 0.1) is 0 Å². The molecule has 0 bridgehead atoms. The first-order chi connectivity index (χ1) is 16.3. The van der Waals surface area contributed by atoms with Gasteiger partial charge in [0.25, 0.3) is 5.91 Å². The fraction of sp³-hybridized carbons (Fsp3) is 0.400. The molecule has 0 saturated carbocycles. The molecule has 2 heterocycles. The van der Waals surface area contributed by atoms with E-state index in [0.717, 1.165) is 49.4 Å². The van der Waals surface area contributed by atoms with Crippen LogP contribution >= 0.6 is 0 Å². The molecular formula is C25H31N5O3S. The van der Waals surface area contributed by atoms with Gasteiger partial charge in [-0.2, -0.15) is 4.31 Å². The van der Waals surface area contributed by atoms with Crippen LogP contribution in [0.15, 0.2) is 47.4 Å². The van der Waals surface area contributed by atoms with E-state index in [9.17, 15) is 13.2 Å². The molecule has 1 aliphatic rings. The summed E-state index contributed by atoms with van der Waals surface area (Å²) in [6, 6.07) is 11.7. The van der Waals surface area contributed by atoms with Crippen LogP contribution in [-0.2, 0) is 22.9 Å². The number of nitrogens with zero attached hydrogens (tertiary/aromatic N) is 4. The molecule has 34 heavy (non-hydrogen) atoms. The van der Waals surface area contributed by atoms with Crippen molar-refractivity contribution in [2.75, 3.05) is 38.0 Å². The van der Waals surface area contributed by atoms with Crippen LogP contribution in [0.2, 0.25) is 0 Å². The second-order valence-electron chi connectivity index (χ2n) is 8.35. The normalized spacial score (nSPS) is 15.5. The minimum Gasteiger partial charge on any atom is -0.322 e. The zero-order valence-corrected chi connectivity index (χ0v) is 20.7. The molecule has 8 nitrogen and oxygen atoms in total. The first-order valence-electron chi connectivity index (χ1n) is 11.8. The molecule has 4 rings (SSSR count). The molecule has 180 valence electrons. The summed E-state index contributed by atoms with van der Waals surface area (Å²) in [6.45, 7) is 9.44. The number of anilines is 1. The summed E-state index contributed by atoms with van der Waals surface area (Å²) < 4.78 is 27.8. The van der Waals surface area contributed by atoms with Crippen molar-refractivity contribution in [3.63, 3.8) is 0 Å². The number of fused-ring (bicyclic) bond motifs is 1. The number of hydrogen-bond donors (Lipinski definition) is 1. The number of likely N-dealkylation sites (N-methyl/N-ethyl adjacent to an activating group) is 1. The van der Waals surface area contributed by atoms with E-state index in [1.165, 1.54) is 10.4 Å². The van der Waals surface area contributed by atoms with Gasteiger partial charge in [-0.15, -0.1) is 0 Å². The summed E-state index contributed by atoms with van der Waals surface area (Å²) in [6.07, 6.45) is 1.58. The Morgan fingerprint density at radius 1 is 0.912 bits per heavy atom. The predicted molar refractivity (Wildman–Crippen MR) is 134 cm³/mol. The highest BCUT2D eigenvalue weighted by Gasteiger charge is 2.28. The Bertz CT molecular complexity index is 1300. The lowest BCUT2D eigenvalue weighted by molar-refractivity contribution is 0.102. The number of aryl methyl sites for hydroxylation is 2. The van der Waals surface area contributed by atoms with E-state index in [1.54, 1.807) is 36.4 Å². The highest BCUT2D eigenvalue weighted by Crippen LogP contribution is 2.22. The van der Waals surface area contributed by atoms with E-state index >= 15 is 0 Å². The maximum absolute atomic E-state index is 13.1. The summed E-state index contributed by atoms with van der Waals surface area (Å²) in [5.74, 6) is -0.326. The van der Waals surface area contributed by atoms with Crippen LogP contribution in [0.5, 0.6) is 0 Å². The number of benzene rings is 2. The first kappa shape index (κ1) is 24.3. The number of amides is 1. The molecule has 0 radical (unpaired) electrons. The van der Waals surface area contributed by atoms with Crippen LogP contribution in [0.4, 0.5) is 5.69 Å². The number of piperazine rings is 1. The van der Waals surface area contributed by atoms with Crippen LogP contribution in [0.1, 0.15) is 42.5 Å². The van der Waals surface area contributed by atoms with E-state index in [4.69, 9.17) is 4.98 Å². The van der Waals surface area contributed by atoms with Crippen molar-refractivity contribution in [1.29, 1.82) is 0 Å². The van der Waals surface area contributed by atoms with Gasteiger partial charge >= 0.3 is 0 Å². The predicted octanol–water partition coefficient (Wildman–Crippen LogP) is 3.33. The van der Waals surface area contributed by atoms with Crippen LogP contribution in [0.3, 0.4) is 0 Å². The third kappa shape index (κ3) is 4.96. The molecule has 1 aromatic heterocycles. The van der Waals surface area contributed by atoms with Crippen molar-refractivity contribution in [1.82, 2.24) is 19.2 Å². The summed E-state index contributed by atoms with van der Waals surface area (Å²) in [5, 5.41) is 2.83. The molecule has 0 unspecified atom stereocenters. The zero-order valence-electron chi connectivity index (χ0n) is 19.9. The summed E-state index contributed by atoms with van der Waals surface area (Å²) in [7, 11) is -3.62. The third-order valence-corrected chi connectivity index (χ3v) is 8.15. The van der Waals surface area contributed by atoms with Crippen molar-refractivity contribution in [3.8, 4) is 0 Å². The zero-order chi connectivity index (χ0) is 24.3. The molecule has 1 fully saturated rings. The van der Waals surface area contributed by atoms with Gasteiger partial charge in [0, 0.05) is 37.4 Å². The van der Waals surface area contributed by atoms with E-state index in [-0.39, 0.29) is 10.8 Å². The minimum atomic E-state index is -3.62. The van der Waals surface area contributed by atoms with Crippen molar-refractivity contribution in [2.24, 2.45) is 0 Å². The van der Waals surface area contributed by atoms with Crippen molar-refractivity contribution < 1.29 is 13.2 Å². The molecule has 1 amide bonds. The minimum absolute atomic E-state index is 0.180. The maximum atomic E-state index is 13.1.